The Balaban J connectivity index is 1.94. The van der Waals surface area contributed by atoms with Gasteiger partial charge in [0.25, 0.3) is 5.69 Å². The summed E-state index contributed by atoms with van der Waals surface area (Å²) in [6.45, 7) is 2.01. The summed E-state index contributed by atoms with van der Waals surface area (Å²) in [5, 5.41) is 14.5. The minimum Gasteiger partial charge on any atom is -0.324 e. The Kier molecular flexibility index (Phi) is 3.19. The van der Waals surface area contributed by atoms with Crippen LogP contribution in [0.3, 0.4) is 0 Å². The molecule has 0 saturated carbocycles. The summed E-state index contributed by atoms with van der Waals surface area (Å²) in [5.74, 6) is 0.460. The zero-order valence-electron chi connectivity index (χ0n) is 11.3. The molecule has 6 nitrogen and oxygen atoms in total. The van der Waals surface area contributed by atoms with Crippen LogP contribution in [0.2, 0.25) is 0 Å². The van der Waals surface area contributed by atoms with Crippen molar-refractivity contribution in [3.63, 3.8) is 0 Å². The molecule has 0 bridgehead atoms. The molecule has 0 aliphatic carbocycles. The lowest BCUT2D eigenvalue weighted by atomic mass is 10.2. The third-order valence-corrected chi connectivity index (χ3v) is 3.05. The molecule has 0 radical (unpaired) electrons. The minimum absolute atomic E-state index is 0.0329. The highest BCUT2D eigenvalue weighted by Crippen LogP contribution is 2.21. The highest BCUT2D eigenvalue weighted by molar-refractivity contribution is 5.81. The summed E-state index contributed by atoms with van der Waals surface area (Å²) in [6, 6.07) is 12.4. The van der Waals surface area contributed by atoms with Gasteiger partial charge in [-0.1, -0.05) is 12.1 Å². The first-order valence-electron chi connectivity index (χ1n) is 6.37. The van der Waals surface area contributed by atoms with Crippen molar-refractivity contribution in [3.05, 3.63) is 64.3 Å². The van der Waals surface area contributed by atoms with Crippen LogP contribution in [0.5, 0.6) is 0 Å². The number of benzene rings is 2. The van der Waals surface area contributed by atoms with Crippen molar-refractivity contribution >= 4 is 28.2 Å². The number of nitro benzene ring substituents is 1. The molecule has 1 aromatic heterocycles. The number of anilines is 2. The molecule has 3 rings (SSSR count). The third kappa shape index (κ3) is 2.79. The van der Waals surface area contributed by atoms with E-state index in [1.54, 1.807) is 12.3 Å². The first kappa shape index (κ1) is 13.0. The van der Waals surface area contributed by atoms with E-state index in [9.17, 15) is 10.1 Å². The number of rotatable bonds is 3. The highest BCUT2D eigenvalue weighted by atomic mass is 16.6. The Bertz CT molecular complexity index is 833. The molecule has 3 aromatic rings. The zero-order chi connectivity index (χ0) is 14.8. The summed E-state index contributed by atoms with van der Waals surface area (Å²) < 4.78 is 0. The molecule has 104 valence electrons. The van der Waals surface area contributed by atoms with Gasteiger partial charge in [0, 0.05) is 29.4 Å². The van der Waals surface area contributed by atoms with Crippen LogP contribution in [0.25, 0.3) is 10.9 Å². The van der Waals surface area contributed by atoms with Crippen molar-refractivity contribution in [2.45, 2.75) is 6.92 Å². The fraction of sp³-hybridized carbons (Fsp3) is 0.0667. The van der Waals surface area contributed by atoms with Gasteiger partial charge >= 0.3 is 0 Å². The second kappa shape index (κ2) is 5.16. The molecule has 0 fully saturated rings. The second-order valence-electron chi connectivity index (χ2n) is 4.69. The van der Waals surface area contributed by atoms with Gasteiger partial charge in [-0.2, -0.15) is 0 Å². The highest BCUT2D eigenvalue weighted by Gasteiger charge is 2.08. The molecule has 1 N–H and O–H groups in total. The number of aryl methyl sites for hydroxylation is 1. The van der Waals surface area contributed by atoms with Crippen LogP contribution in [-0.2, 0) is 0 Å². The number of hydrogen-bond donors (Lipinski definition) is 1. The van der Waals surface area contributed by atoms with E-state index in [1.165, 1.54) is 12.1 Å². The average Bonchev–Trinajstić information content (AvgIpc) is 2.46. The summed E-state index contributed by atoms with van der Waals surface area (Å²) in [5.41, 5.74) is 2.73. The molecule has 0 atom stereocenters. The van der Waals surface area contributed by atoms with E-state index < -0.39 is 4.92 Å². The van der Waals surface area contributed by atoms with Crippen molar-refractivity contribution in [1.82, 2.24) is 9.97 Å². The molecule has 21 heavy (non-hydrogen) atoms. The van der Waals surface area contributed by atoms with Crippen molar-refractivity contribution in [2.75, 3.05) is 5.32 Å². The SMILES string of the molecule is Cc1cccc(Nc2ncc3cc([N+](=O)[O-])ccc3n2)c1. The first-order valence-corrected chi connectivity index (χ1v) is 6.37. The van der Waals surface area contributed by atoms with Gasteiger partial charge in [0.05, 0.1) is 10.4 Å². The monoisotopic (exact) mass is 280 g/mol. The van der Waals surface area contributed by atoms with E-state index in [4.69, 9.17) is 0 Å². The molecule has 0 saturated heterocycles. The largest absolute Gasteiger partial charge is 0.324 e. The Morgan fingerprint density at radius 1 is 1.19 bits per heavy atom. The number of fused-ring (bicyclic) bond motifs is 1. The quantitative estimate of drug-likeness (QED) is 0.585. The maximum Gasteiger partial charge on any atom is 0.270 e. The van der Waals surface area contributed by atoms with Crippen molar-refractivity contribution in [1.29, 1.82) is 0 Å². The fourth-order valence-corrected chi connectivity index (χ4v) is 2.05. The van der Waals surface area contributed by atoms with Crippen molar-refractivity contribution in [3.8, 4) is 0 Å². The third-order valence-electron chi connectivity index (χ3n) is 3.05. The topological polar surface area (TPSA) is 81.0 Å². The van der Waals surface area contributed by atoms with Gasteiger partial charge in [-0.15, -0.1) is 0 Å². The van der Waals surface area contributed by atoms with Gasteiger partial charge in [0.1, 0.15) is 0 Å². The molecule has 0 aliphatic heterocycles. The van der Waals surface area contributed by atoms with Crippen LogP contribution in [0.1, 0.15) is 5.56 Å². The predicted molar refractivity (Wildman–Crippen MR) is 80.7 cm³/mol. The minimum atomic E-state index is -0.432. The van der Waals surface area contributed by atoms with Gasteiger partial charge in [0.15, 0.2) is 0 Å². The Morgan fingerprint density at radius 3 is 2.81 bits per heavy atom. The maximum absolute atomic E-state index is 10.7. The molecule has 0 aliphatic rings. The van der Waals surface area contributed by atoms with Crippen molar-refractivity contribution < 1.29 is 4.92 Å². The Hall–Kier alpha value is -3.02. The van der Waals surface area contributed by atoms with E-state index in [0.717, 1.165) is 11.3 Å². The summed E-state index contributed by atoms with van der Waals surface area (Å²) in [7, 11) is 0. The molecular weight excluding hydrogens is 268 g/mol. The number of hydrogen-bond acceptors (Lipinski definition) is 5. The number of aromatic nitrogens is 2. The fourth-order valence-electron chi connectivity index (χ4n) is 2.05. The standard InChI is InChI=1S/C15H12N4O2/c1-10-3-2-4-12(7-10)17-15-16-9-11-8-13(19(20)21)5-6-14(11)18-15/h2-9H,1H3,(H,16,17,18). The van der Waals surface area contributed by atoms with E-state index >= 15 is 0 Å². The summed E-state index contributed by atoms with van der Waals surface area (Å²) >= 11 is 0. The van der Waals surface area contributed by atoms with Gasteiger partial charge in [0.2, 0.25) is 5.95 Å². The van der Waals surface area contributed by atoms with E-state index in [1.807, 2.05) is 31.2 Å². The molecule has 0 spiro atoms. The van der Waals surface area contributed by atoms with Gasteiger partial charge in [-0.25, -0.2) is 9.97 Å². The first-order chi connectivity index (χ1) is 10.1. The van der Waals surface area contributed by atoms with E-state index in [0.29, 0.717) is 16.9 Å². The molecule has 2 aromatic carbocycles. The average molecular weight is 280 g/mol. The van der Waals surface area contributed by atoms with Gasteiger partial charge in [-0.3, -0.25) is 10.1 Å². The molecule has 0 amide bonds. The van der Waals surface area contributed by atoms with Crippen molar-refractivity contribution in [2.24, 2.45) is 0 Å². The van der Waals surface area contributed by atoms with Crippen LogP contribution in [0.15, 0.2) is 48.7 Å². The lowest BCUT2D eigenvalue weighted by Gasteiger charge is -2.06. The Morgan fingerprint density at radius 2 is 2.05 bits per heavy atom. The van der Waals surface area contributed by atoms with Crippen LogP contribution >= 0.6 is 0 Å². The molecule has 6 heteroatoms. The predicted octanol–water partition coefficient (Wildman–Crippen LogP) is 3.59. The maximum atomic E-state index is 10.7. The number of nitrogens with zero attached hydrogens (tertiary/aromatic N) is 3. The molecule has 1 heterocycles. The zero-order valence-corrected chi connectivity index (χ0v) is 11.3. The lowest BCUT2D eigenvalue weighted by Crippen LogP contribution is -1.97. The number of nitrogens with one attached hydrogen (secondary N) is 1. The van der Waals surface area contributed by atoms with Crippen LogP contribution in [0.4, 0.5) is 17.3 Å². The van der Waals surface area contributed by atoms with E-state index in [2.05, 4.69) is 15.3 Å². The van der Waals surface area contributed by atoms with Gasteiger partial charge in [-0.05, 0) is 30.7 Å². The lowest BCUT2D eigenvalue weighted by molar-refractivity contribution is -0.384. The molecule has 0 unspecified atom stereocenters. The summed E-state index contributed by atoms with van der Waals surface area (Å²) in [6.07, 6.45) is 1.58. The van der Waals surface area contributed by atoms with Crippen LogP contribution in [0, 0.1) is 17.0 Å². The number of non-ortho nitro benzene ring substituents is 1. The summed E-state index contributed by atoms with van der Waals surface area (Å²) in [4.78, 5) is 18.8. The molecular formula is C15H12N4O2. The Labute approximate surface area is 120 Å². The second-order valence-corrected chi connectivity index (χ2v) is 4.69. The van der Waals surface area contributed by atoms with Crippen LogP contribution < -0.4 is 5.32 Å². The van der Waals surface area contributed by atoms with Crippen LogP contribution in [-0.4, -0.2) is 14.9 Å². The van der Waals surface area contributed by atoms with Gasteiger partial charge < -0.3 is 5.32 Å². The normalized spacial score (nSPS) is 10.5. The van der Waals surface area contributed by atoms with E-state index in [-0.39, 0.29) is 5.69 Å². The smallest absolute Gasteiger partial charge is 0.270 e. The number of nitro groups is 1.